The van der Waals surface area contributed by atoms with Gasteiger partial charge in [-0.15, -0.1) is 11.3 Å². The molecule has 2 heterocycles. The highest BCUT2D eigenvalue weighted by Crippen LogP contribution is 2.67. The molecule has 4 atom stereocenters. The third kappa shape index (κ3) is 3.53. The Kier molecular flexibility index (Phi) is 5.22. The standard InChI is InChI=1S/C25H22F3N5O2S/c1-12-19(22-32-15-4-2-3-5-17(15)36-22)21(31-16-10-18-24(35,20(16)34)25(18,27)28)33-23(30-12)29-11-13-6-8-14(26)9-7-13/h2-9,16,18,20,34-35H,10-11H2,1H3,(H2,29,30,31,33)/t16-,18+,20+,24-/m1/s1. The number of anilines is 2. The molecule has 2 aromatic heterocycles. The van der Waals surface area contributed by atoms with Crippen LogP contribution in [0.25, 0.3) is 20.8 Å². The van der Waals surface area contributed by atoms with E-state index in [2.05, 4.69) is 20.6 Å². The van der Waals surface area contributed by atoms with Gasteiger partial charge in [0.15, 0.2) is 5.60 Å². The summed E-state index contributed by atoms with van der Waals surface area (Å²) in [5.41, 5.74) is 0.382. The molecule has 4 N–H and O–H groups in total. The van der Waals surface area contributed by atoms with Crippen LogP contribution in [-0.4, -0.2) is 48.8 Å². The number of nitrogens with zero attached hydrogens (tertiary/aromatic N) is 3. The van der Waals surface area contributed by atoms with Gasteiger partial charge in [-0.05, 0) is 43.2 Å². The maximum atomic E-state index is 14.0. The number of para-hydroxylation sites is 1. The Hall–Kier alpha value is -3.28. The molecule has 4 aromatic rings. The molecule has 36 heavy (non-hydrogen) atoms. The molecule has 11 heteroatoms. The van der Waals surface area contributed by atoms with E-state index in [0.29, 0.717) is 28.6 Å². The summed E-state index contributed by atoms with van der Waals surface area (Å²) in [4.78, 5) is 13.9. The van der Waals surface area contributed by atoms with Gasteiger partial charge in [0, 0.05) is 6.54 Å². The Morgan fingerprint density at radius 1 is 1.08 bits per heavy atom. The number of aliphatic hydroxyl groups is 2. The maximum Gasteiger partial charge on any atom is 0.285 e. The summed E-state index contributed by atoms with van der Waals surface area (Å²) in [5.74, 6) is -4.35. The van der Waals surface area contributed by atoms with E-state index in [-0.39, 0.29) is 18.2 Å². The monoisotopic (exact) mass is 513 g/mol. The first-order chi connectivity index (χ1) is 17.2. The molecular formula is C25H22F3N5O2S. The lowest BCUT2D eigenvalue weighted by Gasteiger charge is -2.25. The number of rotatable bonds is 6. The quantitative estimate of drug-likeness (QED) is 0.304. The molecule has 7 nitrogen and oxygen atoms in total. The van der Waals surface area contributed by atoms with E-state index in [1.807, 2.05) is 24.3 Å². The van der Waals surface area contributed by atoms with Gasteiger partial charge in [-0.2, -0.15) is 4.98 Å². The Balaban J connectivity index is 1.35. The molecule has 2 aliphatic rings. The number of hydrogen-bond acceptors (Lipinski definition) is 8. The lowest BCUT2D eigenvalue weighted by atomic mass is 10.1. The van der Waals surface area contributed by atoms with Crippen molar-refractivity contribution in [2.45, 2.75) is 43.6 Å². The van der Waals surface area contributed by atoms with Crippen molar-refractivity contribution >= 4 is 33.3 Å². The molecule has 6 rings (SSSR count). The molecule has 0 spiro atoms. The van der Waals surface area contributed by atoms with Crippen LogP contribution in [-0.2, 0) is 6.54 Å². The van der Waals surface area contributed by atoms with Crippen molar-refractivity contribution in [1.29, 1.82) is 0 Å². The largest absolute Gasteiger partial charge is 0.388 e. The number of aromatic nitrogens is 3. The van der Waals surface area contributed by atoms with E-state index in [1.165, 1.54) is 23.5 Å². The summed E-state index contributed by atoms with van der Waals surface area (Å²) in [6.45, 7) is 2.13. The summed E-state index contributed by atoms with van der Waals surface area (Å²) < 4.78 is 42.1. The molecule has 0 aliphatic heterocycles. The summed E-state index contributed by atoms with van der Waals surface area (Å²) in [5, 5.41) is 27.7. The van der Waals surface area contributed by atoms with Crippen LogP contribution in [0, 0.1) is 18.7 Å². The molecule has 2 saturated carbocycles. The van der Waals surface area contributed by atoms with Crippen molar-refractivity contribution in [1.82, 2.24) is 15.0 Å². The van der Waals surface area contributed by atoms with Crippen LogP contribution in [0.3, 0.4) is 0 Å². The van der Waals surface area contributed by atoms with Crippen LogP contribution < -0.4 is 10.6 Å². The van der Waals surface area contributed by atoms with E-state index >= 15 is 0 Å². The zero-order chi connectivity index (χ0) is 25.2. The number of aryl methyl sites for hydroxylation is 1. The first-order valence-corrected chi connectivity index (χ1v) is 12.3. The highest BCUT2D eigenvalue weighted by molar-refractivity contribution is 7.21. The van der Waals surface area contributed by atoms with Gasteiger partial charge in [-0.1, -0.05) is 24.3 Å². The average Bonchev–Trinajstić information content (AvgIpc) is 3.16. The fourth-order valence-corrected chi connectivity index (χ4v) is 6.05. The Labute approximate surface area is 208 Å². The molecular weight excluding hydrogens is 491 g/mol. The number of hydrogen-bond donors (Lipinski definition) is 4. The van der Waals surface area contributed by atoms with E-state index in [1.54, 1.807) is 19.1 Å². The van der Waals surface area contributed by atoms with Crippen molar-refractivity contribution < 1.29 is 23.4 Å². The highest BCUT2D eigenvalue weighted by atomic mass is 32.1. The first kappa shape index (κ1) is 23.1. The molecule has 2 aliphatic carbocycles. The lowest BCUT2D eigenvalue weighted by molar-refractivity contribution is -0.0796. The number of thiazole rings is 1. The summed E-state index contributed by atoms with van der Waals surface area (Å²) in [7, 11) is 0. The molecule has 0 unspecified atom stereocenters. The lowest BCUT2D eigenvalue weighted by Crippen LogP contribution is -2.44. The number of benzene rings is 2. The molecule has 2 fully saturated rings. The normalized spacial score (nSPS) is 26.1. The predicted octanol–water partition coefficient (Wildman–Crippen LogP) is 4.35. The van der Waals surface area contributed by atoms with E-state index in [9.17, 15) is 23.4 Å². The number of nitrogens with one attached hydrogen (secondary N) is 2. The minimum Gasteiger partial charge on any atom is -0.388 e. The van der Waals surface area contributed by atoms with Gasteiger partial charge < -0.3 is 20.8 Å². The van der Waals surface area contributed by atoms with Crippen LogP contribution in [0.2, 0.25) is 0 Å². The van der Waals surface area contributed by atoms with Gasteiger partial charge in [0.2, 0.25) is 5.95 Å². The van der Waals surface area contributed by atoms with Gasteiger partial charge in [-0.3, -0.25) is 0 Å². The van der Waals surface area contributed by atoms with Crippen molar-refractivity contribution in [3.63, 3.8) is 0 Å². The topological polar surface area (TPSA) is 103 Å². The van der Waals surface area contributed by atoms with Crippen LogP contribution in [0.5, 0.6) is 0 Å². The third-order valence-electron chi connectivity index (χ3n) is 7.02. The minimum atomic E-state index is -3.30. The SMILES string of the molecule is Cc1nc(NCc2ccc(F)cc2)nc(N[C@@H]2C[C@@H]3C(F)(F)[C@]3(O)[C@H]2O)c1-c1nc2ccccc2s1. The van der Waals surface area contributed by atoms with Gasteiger partial charge in [0.1, 0.15) is 22.7 Å². The third-order valence-corrected chi connectivity index (χ3v) is 8.08. The zero-order valence-electron chi connectivity index (χ0n) is 19.0. The number of fused-ring (bicyclic) bond motifs is 2. The summed E-state index contributed by atoms with van der Waals surface area (Å²) >= 11 is 1.44. The number of alkyl halides is 2. The molecule has 0 amide bonds. The molecule has 2 aromatic carbocycles. The number of halogens is 3. The van der Waals surface area contributed by atoms with Gasteiger partial charge in [0.05, 0.1) is 33.4 Å². The number of aliphatic hydroxyl groups excluding tert-OH is 1. The van der Waals surface area contributed by atoms with E-state index in [4.69, 9.17) is 4.98 Å². The first-order valence-electron chi connectivity index (χ1n) is 11.5. The Bertz CT molecular complexity index is 1430. The Morgan fingerprint density at radius 2 is 1.83 bits per heavy atom. The summed E-state index contributed by atoms with van der Waals surface area (Å²) in [6, 6.07) is 12.8. The van der Waals surface area contributed by atoms with Gasteiger partial charge >= 0.3 is 0 Å². The van der Waals surface area contributed by atoms with E-state index < -0.39 is 29.6 Å². The van der Waals surface area contributed by atoms with Crippen LogP contribution in [0.1, 0.15) is 17.7 Å². The molecule has 186 valence electrons. The second kappa shape index (κ2) is 8.12. The molecule has 0 radical (unpaired) electrons. The molecule has 0 saturated heterocycles. The van der Waals surface area contributed by atoms with Crippen molar-refractivity contribution in [2.24, 2.45) is 5.92 Å². The highest BCUT2D eigenvalue weighted by Gasteiger charge is 2.87. The average molecular weight is 514 g/mol. The van der Waals surface area contributed by atoms with Crippen LogP contribution in [0.4, 0.5) is 24.9 Å². The second-order valence-electron chi connectivity index (χ2n) is 9.26. The van der Waals surface area contributed by atoms with Crippen LogP contribution >= 0.6 is 11.3 Å². The Morgan fingerprint density at radius 3 is 2.53 bits per heavy atom. The maximum absolute atomic E-state index is 14.0. The second-order valence-corrected chi connectivity index (χ2v) is 10.3. The van der Waals surface area contributed by atoms with Crippen molar-refractivity contribution in [3.8, 4) is 10.6 Å². The fraction of sp³-hybridized carbons (Fsp3) is 0.320. The fourth-order valence-electron chi connectivity index (χ4n) is 4.99. The van der Waals surface area contributed by atoms with Crippen molar-refractivity contribution in [3.05, 3.63) is 65.6 Å². The van der Waals surface area contributed by atoms with Gasteiger partial charge in [-0.25, -0.2) is 23.1 Å². The van der Waals surface area contributed by atoms with Crippen molar-refractivity contribution in [2.75, 3.05) is 10.6 Å². The molecule has 0 bridgehead atoms. The van der Waals surface area contributed by atoms with E-state index in [0.717, 1.165) is 15.8 Å². The zero-order valence-corrected chi connectivity index (χ0v) is 19.9. The smallest absolute Gasteiger partial charge is 0.285 e. The predicted molar refractivity (Wildman–Crippen MR) is 131 cm³/mol. The van der Waals surface area contributed by atoms with Crippen LogP contribution in [0.15, 0.2) is 48.5 Å². The van der Waals surface area contributed by atoms with Gasteiger partial charge in [0.25, 0.3) is 5.92 Å². The summed E-state index contributed by atoms with van der Waals surface area (Å²) in [6.07, 6.45) is -1.77. The minimum absolute atomic E-state index is 0.106.